The highest BCUT2D eigenvalue weighted by Crippen LogP contribution is 2.31. The number of rotatable bonds is 6. The van der Waals surface area contributed by atoms with Crippen LogP contribution in [0, 0.1) is 0 Å². The zero-order chi connectivity index (χ0) is 20.9. The van der Waals surface area contributed by atoms with Crippen LogP contribution in [0.3, 0.4) is 0 Å². The maximum Gasteiger partial charge on any atom is 0.246 e. The summed E-state index contributed by atoms with van der Waals surface area (Å²) in [6.45, 7) is 7.91. The second-order valence-corrected chi connectivity index (χ2v) is 9.76. The molecule has 8 nitrogen and oxygen atoms in total. The molecule has 0 bridgehead atoms. The fourth-order valence-electron chi connectivity index (χ4n) is 3.13. The number of methoxy groups -OCH3 is 2. The molecule has 0 atom stereocenters. The summed E-state index contributed by atoms with van der Waals surface area (Å²) in [5.74, 6) is 0.680. The van der Waals surface area contributed by atoms with Gasteiger partial charge in [-0.05, 0) is 45.9 Å². The summed E-state index contributed by atoms with van der Waals surface area (Å²) in [7, 11) is -0.806. The smallest absolute Gasteiger partial charge is 0.246 e. The van der Waals surface area contributed by atoms with Crippen LogP contribution >= 0.6 is 0 Å². The molecule has 0 saturated carbocycles. The molecule has 1 aliphatic rings. The lowest BCUT2D eigenvalue weighted by molar-refractivity contribution is -0.123. The minimum atomic E-state index is -3.74. The van der Waals surface area contributed by atoms with Crippen molar-refractivity contribution in [1.82, 2.24) is 14.5 Å². The minimum absolute atomic E-state index is 0.0572. The van der Waals surface area contributed by atoms with E-state index in [0.717, 1.165) is 0 Å². The third-order valence-corrected chi connectivity index (χ3v) is 6.34. The number of amides is 1. The number of carbonyl (C=O) groups is 1. The highest BCUT2D eigenvalue weighted by molar-refractivity contribution is 7.89. The van der Waals surface area contributed by atoms with Gasteiger partial charge in [-0.15, -0.1) is 0 Å². The molecule has 1 saturated heterocycles. The van der Waals surface area contributed by atoms with Crippen molar-refractivity contribution in [3.8, 4) is 11.5 Å². The Morgan fingerprint density at radius 1 is 1.11 bits per heavy atom. The van der Waals surface area contributed by atoms with Crippen LogP contribution in [0.4, 0.5) is 0 Å². The van der Waals surface area contributed by atoms with Gasteiger partial charge in [0.25, 0.3) is 0 Å². The first-order valence-electron chi connectivity index (χ1n) is 9.32. The van der Waals surface area contributed by atoms with Crippen molar-refractivity contribution in [1.29, 1.82) is 0 Å². The number of sulfonamides is 1. The van der Waals surface area contributed by atoms with Crippen LogP contribution in [-0.4, -0.2) is 76.0 Å². The van der Waals surface area contributed by atoms with E-state index >= 15 is 0 Å². The van der Waals surface area contributed by atoms with Gasteiger partial charge in [0.15, 0.2) is 0 Å². The monoisotopic (exact) mass is 413 g/mol. The van der Waals surface area contributed by atoms with Gasteiger partial charge in [-0.3, -0.25) is 9.69 Å². The van der Waals surface area contributed by atoms with Crippen molar-refractivity contribution in [2.75, 3.05) is 46.9 Å². The van der Waals surface area contributed by atoms with Crippen LogP contribution in [0.1, 0.15) is 27.2 Å². The predicted octanol–water partition coefficient (Wildman–Crippen LogP) is 1.31. The number of hydrogen-bond donors (Lipinski definition) is 1. The Morgan fingerprint density at radius 2 is 1.82 bits per heavy atom. The molecule has 0 spiro atoms. The van der Waals surface area contributed by atoms with Crippen LogP contribution in [-0.2, 0) is 14.8 Å². The van der Waals surface area contributed by atoms with E-state index in [4.69, 9.17) is 9.47 Å². The van der Waals surface area contributed by atoms with Crippen LogP contribution in [0.25, 0.3) is 0 Å². The second kappa shape index (κ2) is 9.11. The van der Waals surface area contributed by atoms with Crippen molar-refractivity contribution in [3.05, 3.63) is 18.2 Å². The Labute approximate surface area is 167 Å². The van der Waals surface area contributed by atoms with E-state index in [2.05, 4.69) is 5.32 Å². The van der Waals surface area contributed by atoms with Gasteiger partial charge in [-0.1, -0.05) is 0 Å². The summed E-state index contributed by atoms with van der Waals surface area (Å²) < 4.78 is 38.3. The first kappa shape index (κ1) is 22.4. The molecule has 158 valence electrons. The molecule has 2 rings (SSSR count). The summed E-state index contributed by atoms with van der Waals surface area (Å²) in [6.07, 6.45) is 0.647. The number of nitrogens with one attached hydrogen (secondary N) is 1. The lowest BCUT2D eigenvalue weighted by atomic mass is 10.1. The molecular formula is C19H31N3O5S. The summed E-state index contributed by atoms with van der Waals surface area (Å²) >= 11 is 0. The Balaban J connectivity index is 2.12. The van der Waals surface area contributed by atoms with E-state index < -0.39 is 10.0 Å². The second-order valence-electron chi connectivity index (χ2n) is 7.85. The van der Waals surface area contributed by atoms with Gasteiger partial charge in [-0.2, -0.15) is 4.31 Å². The van der Waals surface area contributed by atoms with Crippen LogP contribution in [0.15, 0.2) is 23.1 Å². The average Bonchev–Trinajstić information content (AvgIpc) is 2.85. The van der Waals surface area contributed by atoms with E-state index in [1.807, 2.05) is 25.7 Å². The Hall–Kier alpha value is -1.84. The molecule has 0 aliphatic carbocycles. The van der Waals surface area contributed by atoms with Crippen LogP contribution < -0.4 is 14.8 Å². The summed E-state index contributed by atoms with van der Waals surface area (Å²) in [6, 6.07) is 4.73. The molecule has 1 amide bonds. The summed E-state index contributed by atoms with van der Waals surface area (Å²) in [5, 5.41) is 2.94. The van der Waals surface area contributed by atoms with Crippen molar-refractivity contribution >= 4 is 15.9 Å². The molecule has 0 aromatic heterocycles. The first-order valence-corrected chi connectivity index (χ1v) is 10.8. The number of carbonyl (C=O) groups excluding carboxylic acids is 1. The molecule has 1 aliphatic heterocycles. The van der Waals surface area contributed by atoms with E-state index in [1.165, 1.54) is 24.6 Å². The number of ether oxygens (including phenoxy) is 2. The topological polar surface area (TPSA) is 88.2 Å². The molecule has 1 fully saturated rings. The van der Waals surface area contributed by atoms with Gasteiger partial charge < -0.3 is 14.8 Å². The van der Waals surface area contributed by atoms with Gasteiger partial charge in [0.2, 0.25) is 15.9 Å². The molecule has 1 heterocycles. The van der Waals surface area contributed by atoms with Gasteiger partial charge in [0, 0.05) is 31.2 Å². The highest BCUT2D eigenvalue weighted by atomic mass is 32.2. The molecule has 1 aromatic rings. The fourth-order valence-corrected chi connectivity index (χ4v) is 4.77. The number of nitrogens with zero attached hydrogens (tertiary/aromatic N) is 2. The summed E-state index contributed by atoms with van der Waals surface area (Å²) in [4.78, 5) is 14.3. The maximum absolute atomic E-state index is 13.2. The van der Waals surface area contributed by atoms with E-state index in [-0.39, 0.29) is 28.6 Å². The van der Waals surface area contributed by atoms with E-state index in [1.54, 1.807) is 12.1 Å². The minimum Gasteiger partial charge on any atom is -0.497 e. The van der Waals surface area contributed by atoms with Gasteiger partial charge in [-0.25, -0.2) is 8.42 Å². The number of benzene rings is 1. The molecule has 0 unspecified atom stereocenters. The van der Waals surface area contributed by atoms with Gasteiger partial charge >= 0.3 is 0 Å². The molecule has 9 heteroatoms. The molecule has 1 aromatic carbocycles. The largest absolute Gasteiger partial charge is 0.497 e. The van der Waals surface area contributed by atoms with Crippen molar-refractivity contribution in [2.24, 2.45) is 0 Å². The predicted molar refractivity (Wildman–Crippen MR) is 107 cm³/mol. The SMILES string of the molecule is COc1ccc(OC)c(S(=O)(=O)N2CCCN(CC(=O)NC(C)(C)C)CC2)c1. The first-order chi connectivity index (χ1) is 13.1. The zero-order valence-corrected chi connectivity index (χ0v) is 18.1. The third kappa shape index (κ3) is 5.83. The Kier molecular flexibility index (Phi) is 7.30. The average molecular weight is 414 g/mol. The maximum atomic E-state index is 13.2. The van der Waals surface area contributed by atoms with Gasteiger partial charge in [0.1, 0.15) is 16.4 Å². The highest BCUT2D eigenvalue weighted by Gasteiger charge is 2.30. The Bertz CT molecular complexity index is 789. The van der Waals surface area contributed by atoms with Crippen molar-refractivity contribution in [3.63, 3.8) is 0 Å². The Morgan fingerprint density at radius 3 is 2.43 bits per heavy atom. The zero-order valence-electron chi connectivity index (χ0n) is 17.3. The lowest BCUT2D eigenvalue weighted by Crippen LogP contribution is -2.46. The quantitative estimate of drug-likeness (QED) is 0.757. The van der Waals surface area contributed by atoms with Crippen LogP contribution in [0.5, 0.6) is 11.5 Å². The fraction of sp³-hybridized carbons (Fsp3) is 0.632. The van der Waals surface area contributed by atoms with Crippen molar-refractivity contribution in [2.45, 2.75) is 37.6 Å². The van der Waals surface area contributed by atoms with Crippen molar-refractivity contribution < 1.29 is 22.7 Å². The molecule has 1 N–H and O–H groups in total. The summed E-state index contributed by atoms with van der Waals surface area (Å²) in [5.41, 5.74) is -0.290. The number of hydrogen-bond acceptors (Lipinski definition) is 6. The molecule has 0 radical (unpaired) electrons. The molecule has 28 heavy (non-hydrogen) atoms. The van der Waals surface area contributed by atoms with E-state index in [0.29, 0.717) is 38.3 Å². The van der Waals surface area contributed by atoms with E-state index in [9.17, 15) is 13.2 Å². The molecular weight excluding hydrogens is 382 g/mol. The normalized spacial score (nSPS) is 17.0. The lowest BCUT2D eigenvalue weighted by Gasteiger charge is -2.25. The standard InChI is InChI=1S/C19H31N3O5S/c1-19(2,3)20-18(23)14-21-9-6-10-22(12-11-21)28(24,25)17-13-15(26-4)7-8-16(17)27-5/h7-8,13H,6,9-12,14H2,1-5H3,(H,20,23). The van der Waals surface area contributed by atoms with Crippen LogP contribution in [0.2, 0.25) is 0 Å². The third-order valence-electron chi connectivity index (χ3n) is 4.42. The van der Waals surface area contributed by atoms with Gasteiger partial charge in [0.05, 0.1) is 20.8 Å².